The number of methoxy groups -OCH3 is 2. The molecule has 6 heteroatoms. The molecule has 0 aliphatic carbocycles. The highest BCUT2D eigenvalue weighted by Gasteiger charge is 2.49. The van der Waals surface area contributed by atoms with Crippen molar-refractivity contribution in [1.82, 2.24) is 4.57 Å². The van der Waals surface area contributed by atoms with E-state index in [0.717, 1.165) is 41.3 Å². The second kappa shape index (κ2) is 7.31. The fourth-order valence-electron chi connectivity index (χ4n) is 4.88. The van der Waals surface area contributed by atoms with Gasteiger partial charge in [-0.1, -0.05) is 25.5 Å². The van der Waals surface area contributed by atoms with Gasteiger partial charge in [0, 0.05) is 25.3 Å². The monoisotopic (exact) mass is 421 g/mol. The molecular weight excluding hydrogens is 394 g/mol. The molecule has 0 saturated heterocycles. The van der Waals surface area contributed by atoms with Gasteiger partial charge in [-0.2, -0.15) is 0 Å². The summed E-state index contributed by atoms with van der Waals surface area (Å²) in [5.41, 5.74) is 3.28. The highest BCUT2D eigenvalue weighted by molar-refractivity contribution is 5.87. The molecule has 1 aromatic heterocycles. The van der Waals surface area contributed by atoms with Gasteiger partial charge in [-0.15, -0.1) is 0 Å². The van der Waals surface area contributed by atoms with Crippen LogP contribution in [0.5, 0.6) is 17.2 Å². The van der Waals surface area contributed by atoms with E-state index in [9.17, 15) is 4.79 Å². The van der Waals surface area contributed by atoms with Crippen molar-refractivity contribution in [2.45, 2.75) is 44.5 Å². The Morgan fingerprint density at radius 2 is 1.90 bits per heavy atom. The molecule has 0 spiro atoms. The Balaban J connectivity index is 1.81. The van der Waals surface area contributed by atoms with Gasteiger partial charge in [0.1, 0.15) is 11.9 Å². The molecule has 3 aromatic rings. The largest absolute Gasteiger partial charge is 0.493 e. The van der Waals surface area contributed by atoms with E-state index in [-0.39, 0.29) is 5.56 Å². The lowest BCUT2D eigenvalue weighted by Crippen LogP contribution is -2.50. The zero-order valence-corrected chi connectivity index (χ0v) is 18.4. The van der Waals surface area contributed by atoms with Crippen LogP contribution in [0.15, 0.2) is 41.2 Å². The molecule has 2 aromatic carbocycles. The molecule has 0 fully saturated rings. The van der Waals surface area contributed by atoms with E-state index in [1.54, 1.807) is 25.8 Å². The van der Waals surface area contributed by atoms with E-state index in [0.29, 0.717) is 29.2 Å². The Labute approximate surface area is 181 Å². The van der Waals surface area contributed by atoms with Crippen LogP contribution in [0.25, 0.3) is 10.9 Å². The number of benzene rings is 2. The quantitative estimate of drug-likeness (QED) is 0.607. The van der Waals surface area contributed by atoms with Crippen molar-refractivity contribution in [3.05, 3.63) is 63.4 Å². The van der Waals surface area contributed by atoms with Gasteiger partial charge in [0.2, 0.25) is 5.79 Å². The Morgan fingerprint density at radius 3 is 2.65 bits per heavy atom. The van der Waals surface area contributed by atoms with Crippen LogP contribution >= 0.6 is 0 Å². The summed E-state index contributed by atoms with van der Waals surface area (Å²) in [5.74, 6) is 1.12. The van der Waals surface area contributed by atoms with Gasteiger partial charge in [0.15, 0.2) is 11.5 Å². The first-order chi connectivity index (χ1) is 15.0. The first-order valence-corrected chi connectivity index (χ1v) is 10.7. The van der Waals surface area contributed by atoms with Crippen LogP contribution in [-0.2, 0) is 18.2 Å². The Morgan fingerprint density at radius 1 is 1.16 bits per heavy atom. The van der Waals surface area contributed by atoms with Crippen molar-refractivity contribution in [3.8, 4) is 17.2 Å². The van der Waals surface area contributed by atoms with Crippen LogP contribution in [0.1, 0.15) is 49.0 Å². The molecule has 0 radical (unpaired) electrons. The number of rotatable bonds is 5. The zero-order valence-electron chi connectivity index (χ0n) is 18.4. The second-order valence-electron chi connectivity index (χ2n) is 8.32. The van der Waals surface area contributed by atoms with Gasteiger partial charge in [-0.3, -0.25) is 4.79 Å². The molecule has 0 amide bonds. The molecule has 2 bridgehead atoms. The average Bonchev–Trinajstić information content (AvgIpc) is 2.80. The lowest BCUT2D eigenvalue weighted by molar-refractivity contribution is -0.232. The maximum Gasteiger partial charge on any atom is 0.260 e. The van der Waals surface area contributed by atoms with Crippen molar-refractivity contribution in [2.24, 2.45) is 7.05 Å². The fourth-order valence-corrected chi connectivity index (χ4v) is 4.88. The fraction of sp³-hybridized carbons (Fsp3) is 0.400. The van der Waals surface area contributed by atoms with Crippen LogP contribution in [0, 0.1) is 0 Å². The van der Waals surface area contributed by atoms with Gasteiger partial charge >= 0.3 is 0 Å². The summed E-state index contributed by atoms with van der Waals surface area (Å²) in [4.78, 5) is 13.5. The topological polar surface area (TPSA) is 58.9 Å². The number of nitrogens with zero attached hydrogens (tertiary/aromatic N) is 1. The van der Waals surface area contributed by atoms with Gasteiger partial charge in [-0.25, -0.2) is 0 Å². The van der Waals surface area contributed by atoms with Crippen LogP contribution < -0.4 is 19.8 Å². The second-order valence-corrected chi connectivity index (χ2v) is 8.32. The number of aromatic nitrogens is 1. The molecule has 31 heavy (non-hydrogen) atoms. The molecular formula is C25H27NO5. The van der Waals surface area contributed by atoms with E-state index in [2.05, 4.69) is 6.92 Å². The maximum absolute atomic E-state index is 13.5. The van der Waals surface area contributed by atoms with Gasteiger partial charge in [0.05, 0.1) is 25.3 Å². The molecule has 162 valence electrons. The van der Waals surface area contributed by atoms with E-state index in [1.165, 1.54) is 0 Å². The third-order valence-electron chi connectivity index (χ3n) is 6.47. The Kier molecular flexibility index (Phi) is 4.70. The number of hydrogen-bond donors (Lipinski definition) is 0. The number of hydrogen-bond acceptors (Lipinski definition) is 5. The van der Waals surface area contributed by atoms with Crippen molar-refractivity contribution < 1.29 is 18.9 Å². The molecule has 6 nitrogen and oxygen atoms in total. The lowest BCUT2D eigenvalue weighted by Gasteiger charge is -2.47. The number of para-hydroxylation sites is 1. The highest BCUT2D eigenvalue weighted by atomic mass is 16.7. The van der Waals surface area contributed by atoms with Crippen LogP contribution in [0.3, 0.4) is 0 Å². The summed E-state index contributed by atoms with van der Waals surface area (Å²) >= 11 is 0. The predicted octanol–water partition coefficient (Wildman–Crippen LogP) is 4.50. The third kappa shape index (κ3) is 2.92. The molecule has 0 unspecified atom stereocenters. The average molecular weight is 421 g/mol. The lowest BCUT2D eigenvalue weighted by atomic mass is 9.84. The molecule has 2 aliphatic heterocycles. The predicted molar refractivity (Wildman–Crippen MR) is 118 cm³/mol. The third-order valence-corrected chi connectivity index (χ3v) is 6.47. The first-order valence-electron chi connectivity index (χ1n) is 10.7. The van der Waals surface area contributed by atoms with Crippen LogP contribution in [-0.4, -0.2) is 24.6 Å². The van der Waals surface area contributed by atoms with Gasteiger partial charge in [0.25, 0.3) is 5.56 Å². The van der Waals surface area contributed by atoms with Crippen LogP contribution in [0.4, 0.5) is 0 Å². The van der Waals surface area contributed by atoms with Crippen molar-refractivity contribution in [2.75, 3.05) is 14.2 Å². The molecule has 3 heterocycles. The first kappa shape index (κ1) is 19.9. The number of aryl methyl sites for hydroxylation is 1. The minimum atomic E-state index is -0.810. The summed E-state index contributed by atoms with van der Waals surface area (Å²) in [5, 5.41) is 0.928. The van der Waals surface area contributed by atoms with Crippen LogP contribution in [0.2, 0.25) is 0 Å². The summed E-state index contributed by atoms with van der Waals surface area (Å²) < 4.78 is 26.0. The number of ether oxygens (including phenoxy) is 4. The SMILES string of the molecule is CCCC[C@]12Cc3cc(OC)c(OC)cc3[C@H](O1)c1c(c3ccccc3n(C)c1=O)O2. The number of pyridine rings is 1. The smallest absolute Gasteiger partial charge is 0.260 e. The minimum Gasteiger partial charge on any atom is -0.493 e. The zero-order chi connectivity index (χ0) is 21.8. The summed E-state index contributed by atoms with van der Waals surface area (Å²) in [6.45, 7) is 2.15. The molecule has 0 saturated carbocycles. The summed E-state index contributed by atoms with van der Waals surface area (Å²) in [7, 11) is 5.04. The van der Waals surface area contributed by atoms with Crippen molar-refractivity contribution in [1.29, 1.82) is 0 Å². The summed E-state index contributed by atoms with van der Waals surface area (Å²) in [6.07, 6.45) is 2.81. The van der Waals surface area contributed by atoms with Crippen molar-refractivity contribution >= 4 is 10.9 Å². The molecule has 0 N–H and O–H groups in total. The normalized spacial score (nSPS) is 21.2. The van der Waals surface area contributed by atoms with Crippen molar-refractivity contribution in [3.63, 3.8) is 0 Å². The molecule has 5 rings (SSSR count). The Hall–Kier alpha value is -2.99. The van der Waals surface area contributed by atoms with E-state index in [4.69, 9.17) is 18.9 Å². The van der Waals surface area contributed by atoms with E-state index < -0.39 is 11.9 Å². The highest BCUT2D eigenvalue weighted by Crippen LogP contribution is 2.52. The number of fused-ring (bicyclic) bond motifs is 8. The minimum absolute atomic E-state index is 0.106. The van der Waals surface area contributed by atoms with E-state index in [1.807, 2.05) is 36.4 Å². The van der Waals surface area contributed by atoms with E-state index >= 15 is 0 Å². The van der Waals surface area contributed by atoms with Gasteiger partial charge in [-0.05, 0) is 41.8 Å². The standard InChI is InChI=1S/C25H27NO5/c1-5-6-11-25-14-15-12-19(28-3)20(29-4)13-17(15)23(31-25)21-22(30-25)16-9-7-8-10-18(16)26(2)24(21)27/h7-10,12-13,23H,5-6,11,14H2,1-4H3/t23-,25+/m0/s1. The maximum atomic E-state index is 13.5. The summed E-state index contributed by atoms with van der Waals surface area (Å²) in [6, 6.07) is 11.8. The Bertz CT molecular complexity index is 1230. The number of unbranched alkanes of at least 4 members (excludes halogenated alkanes) is 1. The molecule has 2 aliphatic rings. The molecule has 2 atom stereocenters. The van der Waals surface area contributed by atoms with Gasteiger partial charge < -0.3 is 23.5 Å².